The van der Waals surface area contributed by atoms with E-state index in [4.69, 9.17) is 4.18 Å². The van der Waals surface area contributed by atoms with E-state index >= 15 is 0 Å². The standard InChI is InChI=1S/C11H15BrO3S/c1-8(2)9(3)15-16(13,14)11-6-4-10(12)5-7-11/h4-9H,1-3H3/t9-/m1/s1. The zero-order valence-electron chi connectivity index (χ0n) is 9.48. The molecule has 0 saturated carbocycles. The number of rotatable bonds is 4. The van der Waals surface area contributed by atoms with Gasteiger partial charge in [-0.1, -0.05) is 29.8 Å². The summed E-state index contributed by atoms with van der Waals surface area (Å²) in [6.07, 6.45) is -0.325. The highest BCUT2D eigenvalue weighted by atomic mass is 79.9. The Morgan fingerprint density at radius 3 is 2.06 bits per heavy atom. The van der Waals surface area contributed by atoms with Crippen molar-refractivity contribution in [3.05, 3.63) is 28.7 Å². The number of hydrogen-bond donors (Lipinski definition) is 0. The quantitative estimate of drug-likeness (QED) is 0.802. The Kier molecular flexibility index (Phi) is 4.52. The third kappa shape index (κ3) is 3.57. The van der Waals surface area contributed by atoms with E-state index < -0.39 is 10.1 Å². The molecule has 0 aromatic heterocycles. The minimum atomic E-state index is -3.64. The van der Waals surface area contributed by atoms with Gasteiger partial charge in [-0.3, -0.25) is 4.18 Å². The maximum atomic E-state index is 11.8. The van der Waals surface area contributed by atoms with Crippen LogP contribution in [0.4, 0.5) is 0 Å². The zero-order valence-corrected chi connectivity index (χ0v) is 11.9. The van der Waals surface area contributed by atoms with Crippen LogP contribution in [0.1, 0.15) is 20.8 Å². The molecule has 16 heavy (non-hydrogen) atoms. The van der Waals surface area contributed by atoms with Crippen LogP contribution in [-0.2, 0) is 14.3 Å². The molecule has 0 spiro atoms. The molecule has 5 heteroatoms. The van der Waals surface area contributed by atoms with E-state index in [2.05, 4.69) is 15.9 Å². The molecule has 1 rings (SSSR count). The Labute approximate surface area is 105 Å². The molecule has 0 amide bonds. The highest BCUT2D eigenvalue weighted by Gasteiger charge is 2.20. The van der Waals surface area contributed by atoms with Crippen molar-refractivity contribution in [2.45, 2.75) is 31.8 Å². The molecule has 0 bridgehead atoms. The Morgan fingerprint density at radius 1 is 1.12 bits per heavy atom. The summed E-state index contributed by atoms with van der Waals surface area (Å²) in [6, 6.07) is 6.39. The maximum absolute atomic E-state index is 11.8. The third-order valence-corrected chi connectivity index (χ3v) is 4.25. The molecule has 0 saturated heterocycles. The predicted molar refractivity (Wildman–Crippen MR) is 66.7 cm³/mol. The molecule has 90 valence electrons. The van der Waals surface area contributed by atoms with Gasteiger partial charge in [-0.2, -0.15) is 8.42 Å². The number of hydrogen-bond acceptors (Lipinski definition) is 3. The molecule has 1 aromatic rings. The van der Waals surface area contributed by atoms with Crippen LogP contribution >= 0.6 is 15.9 Å². The molecule has 1 atom stereocenters. The van der Waals surface area contributed by atoms with Crippen molar-refractivity contribution in [3.8, 4) is 0 Å². The molecular formula is C11H15BrO3S. The Balaban J connectivity index is 2.90. The van der Waals surface area contributed by atoms with Crippen molar-refractivity contribution in [2.75, 3.05) is 0 Å². The molecule has 0 radical (unpaired) electrons. The van der Waals surface area contributed by atoms with Gasteiger partial charge >= 0.3 is 0 Å². The lowest BCUT2D eigenvalue weighted by Crippen LogP contribution is -2.20. The zero-order chi connectivity index (χ0) is 12.3. The summed E-state index contributed by atoms with van der Waals surface area (Å²) < 4.78 is 29.6. The van der Waals surface area contributed by atoms with Gasteiger partial charge in [-0.05, 0) is 37.1 Å². The Morgan fingerprint density at radius 2 is 1.62 bits per heavy atom. The van der Waals surface area contributed by atoms with Crippen molar-refractivity contribution in [2.24, 2.45) is 5.92 Å². The van der Waals surface area contributed by atoms with Crippen LogP contribution in [0, 0.1) is 5.92 Å². The first-order valence-electron chi connectivity index (χ1n) is 5.02. The van der Waals surface area contributed by atoms with Crippen molar-refractivity contribution in [1.29, 1.82) is 0 Å². The molecule has 0 heterocycles. The van der Waals surface area contributed by atoms with Crippen LogP contribution in [-0.4, -0.2) is 14.5 Å². The van der Waals surface area contributed by atoms with E-state index in [0.717, 1.165) is 4.47 Å². The fraction of sp³-hybridized carbons (Fsp3) is 0.455. The summed E-state index contributed by atoms with van der Waals surface area (Å²) >= 11 is 3.25. The Hall–Kier alpha value is -0.390. The van der Waals surface area contributed by atoms with Gasteiger partial charge in [0.05, 0.1) is 11.0 Å². The second-order valence-electron chi connectivity index (χ2n) is 3.95. The van der Waals surface area contributed by atoms with E-state index in [-0.39, 0.29) is 16.9 Å². The molecule has 0 N–H and O–H groups in total. The summed E-state index contributed by atoms with van der Waals surface area (Å²) in [7, 11) is -3.64. The molecule has 3 nitrogen and oxygen atoms in total. The largest absolute Gasteiger partial charge is 0.297 e. The predicted octanol–water partition coefficient (Wildman–Crippen LogP) is 3.20. The monoisotopic (exact) mass is 306 g/mol. The lowest BCUT2D eigenvalue weighted by Gasteiger charge is -2.16. The fourth-order valence-electron chi connectivity index (χ4n) is 0.968. The normalized spacial score (nSPS) is 14.1. The van der Waals surface area contributed by atoms with Crippen LogP contribution in [0.15, 0.2) is 33.6 Å². The van der Waals surface area contributed by atoms with Crippen molar-refractivity contribution < 1.29 is 12.6 Å². The smallest absolute Gasteiger partial charge is 0.263 e. The summed E-state index contributed by atoms with van der Waals surface area (Å²) in [5.74, 6) is 0.158. The average Bonchev–Trinajstić information content (AvgIpc) is 2.17. The highest BCUT2D eigenvalue weighted by molar-refractivity contribution is 9.10. The second-order valence-corrected chi connectivity index (χ2v) is 6.44. The van der Waals surface area contributed by atoms with Crippen LogP contribution in [0.3, 0.4) is 0 Å². The average molecular weight is 307 g/mol. The first kappa shape index (κ1) is 13.7. The van der Waals surface area contributed by atoms with Gasteiger partial charge < -0.3 is 0 Å². The first-order chi connectivity index (χ1) is 7.33. The topological polar surface area (TPSA) is 43.4 Å². The molecular weight excluding hydrogens is 292 g/mol. The summed E-state index contributed by atoms with van der Waals surface area (Å²) in [4.78, 5) is 0.184. The van der Waals surface area contributed by atoms with Gasteiger partial charge in [0.2, 0.25) is 0 Å². The first-order valence-corrected chi connectivity index (χ1v) is 7.22. The van der Waals surface area contributed by atoms with E-state index in [0.29, 0.717) is 0 Å². The number of benzene rings is 1. The highest BCUT2D eigenvalue weighted by Crippen LogP contribution is 2.19. The van der Waals surface area contributed by atoms with Crippen molar-refractivity contribution in [1.82, 2.24) is 0 Å². The van der Waals surface area contributed by atoms with Crippen LogP contribution < -0.4 is 0 Å². The van der Waals surface area contributed by atoms with Crippen LogP contribution in [0.5, 0.6) is 0 Å². The van der Waals surface area contributed by atoms with Gasteiger partial charge in [0.15, 0.2) is 0 Å². The molecule has 0 unspecified atom stereocenters. The van der Waals surface area contributed by atoms with Gasteiger partial charge in [-0.15, -0.1) is 0 Å². The van der Waals surface area contributed by atoms with Gasteiger partial charge in [0.1, 0.15) is 0 Å². The van der Waals surface area contributed by atoms with Crippen LogP contribution in [0.2, 0.25) is 0 Å². The lowest BCUT2D eigenvalue weighted by molar-refractivity contribution is 0.178. The number of halogens is 1. The minimum Gasteiger partial charge on any atom is -0.263 e. The molecule has 0 aliphatic heterocycles. The van der Waals surface area contributed by atoms with Gasteiger partial charge in [-0.25, -0.2) is 0 Å². The maximum Gasteiger partial charge on any atom is 0.297 e. The van der Waals surface area contributed by atoms with Gasteiger partial charge in [0.25, 0.3) is 10.1 Å². The SMILES string of the molecule is CC(C)[C@@H](C)OS(=O)(=O)c1ccc(Br)cc1. The van der Waals surface area contributed by atoms with E-state index in [1.165, 1.54) is 12.1 Å². The molecule has 1 aromatic carbocycles. The minimum absolute atomic E-state index is 0.158. The van der Waals surface area contributed by atoms with E-state index in [1.54, 1.807) is 19.1 Å². The lowest BCUT2D eigenvalue weighted by atomic mass is 10.1. The molecule has 0 fully saturated rings. The summed E-state index contributed by atoms with van der Waals surface area (Å²) in [6.45, 7) is 5.59. The van der Waals surface area contributed by atoms with Gasteiger partial charge in [0, 0.05) is 4.47 Å². The van der Waals surface area contributed by atoms with Crippen molar-refractivity contribution in [3.63, 3.8) is 0 Å². The van der Waals surface area contributed by atoms with Crippen molar-refractivity contribution >= 4 is 26.0 Å². The van der Waals surface area contributed by atoms with E-state index in [1.807, 2.05) is 13.8 Å². The van der Waals surface area contributed by atoms with Crippen LogP contribution in [0.25, 0.3) is 0 Å². The molecule has 0 aliphatic carbocycles. The fourth-order valence-corrected chi connectivity index (χ4v) is 2.43. The molecule has 0 aliphatic rings. The Bertz CT molecular complexity index is 437. The third-order valence-electron chi connectivity index (χ3n) is 2.32. The van der Waals surface area contributed by atoms with E-state index in [9.17, 15) is 8.42 Å². The summed E-state index contributed by atoms with van der Waals surface area (Å²) in [5, 5.41) is 0. The second kappa shape index (κ2) is 5.29. The summed E-state index contributed by atoms with van der Waals surface area (Å²) in [5.41, 5.74) is 0.